The maximum Gasteiger partial charge on any atom is 0.271 e. The van der Waals surface area contributed by atoms with E-state index in [-0.39, 0.29) is 0 Å². The molecule has 0 aliphatic heterocycles. The zero-order valence-corrected chi connectivity index (χ0v) is 15.5. The number of methoxy groups -OCH3 is 3. The molecule has 0 aliphatic rings. The van der Waals surface area contributed by atoms with Gasteiger partial charge in [0.2, 0.25) is 5.75 Å². The second kappa shape index (κ2) is 9.86. The monoisotopic (exact) mass is 370 g/mol. The number of amides is 1. The van der Waals surface area contributed by atoms with Crippen LogP contribution in [0.4, 0.5) is 0 Å². The van der Waals surface area contributed by atoms with E-state index in [4.69, 9.17) is 18.9 Å². The molecular formula is C20H22N2O5. The number of nitrogens with one attached hydrogen (secondary N) is 1. The Kier molecular flexibility index (Phi) is 7.25. The van der Waals surface area contributed by atoms with Gasteiger partial charge in [-0.2, -0.15) is 5.10 Å². The molecule has 0 aliphatic carbocycles. The van der Waals surface area contributed by atoms with Crippen LogP contribution in [0.3, 0.4) is 0 Å². The minimum absolute atomic E-state index is 0.317. The molecular weight excluding hydrogens is 348 g/mol. The molecule has 0 bridgehead atoms. The minimum Gasteiger partial charge on any atom is -0.493 e. The van der Waals surface area contributed by atoms with Crippen LogP contribution in [-0.4, -0.2) is 40.1 Å². The highest BCUT2D eigenvalue weighted by Crippen LogP contribution is 2.38. The minimum atomic E-state index is -0.421. The normalized spacial score (nSPS) is 10.3. The average molecular weight is 370 g/mol. The molecule has 0 spiro atoms. The van der Waals surface area contributed by atoms with Crippen molar-refractivity contribution in [1.29, 1.82) is 0 Å². The molecule has 0 atom stereocenters. The third-order valence-electron chi connectivity index (χ3n) is 3.57. The zero-order chi connectivity index (χ0) is 19.6. The zero-order valence-electron chi connectivity index (χ0n) is 15.5. The number of hydrogen-bond donors (Lipinski definition) is 1. The van der Waals surface area contributed by atoms with Crippen LogP contribution < -0.4 is 24.4 Å². The number of benzene rings is 2. The Labute approximate surface area is 158 Å². The van der Waals surface area contributed by atoms with Gasteiger partial charge in [-0.05, 0) is 24.3 Å². The van der Waals surface area contributed by atoms with Crippen LogP contribution in [0.25, 0.3) is 0 Å². The fraction of sp³-hybridized carbons (Fsp3) is 0.200. The van der Waals surface area contributed by atoms with Crippen molar-refractivity contribution in [3.63, 3.8) is 0 Å². The third kappa shape index (κ3) is 5.01. The number of ether oxygens (including phenoxy) is 4. The number of rotatable bonds is 9. The maximum absolute atomic E-state index is 12.4. The van der Waals surface area contributed by atoms with E-state index >= 15 is 0 Å². The number of carbonyl (C=O) groups excluding carboxylic acids is 1. The Bertz CT molecular complexity index is 808. The molecule has 2 aromatic carbocycles. The average Bonchev–Trinajstić information content (AvgIpc) is 2.71. The quantitative estimate of drug-likeness (QED) is 0.417. The fourth-order valence-corrected chi connectivity index (χ4v) is 2.30. The van der Waals surface area contributed by atoms with E-state index in [1.165, 1.54) is 27.5 Å². The van der Waals surface area contributed by atoms with E-state index in [1.54, 1.807) is 18.2 Å². The number of para-hydroxylation sites is 1. The predicted octanol–water partition coefficient (Wildman–Crippen LogP) is 3.04. The Morgan fingerprint density at radius 1 is 1.07 bits per heavy atom. The molecule has 142 valence electrons. The lowest BCUT2D eigenvalue weighted by Gasteiger charge is -2.13. The first-order chi connectivity index (χ1) is 13.1. The molecule has 0 saturated carbocycles. The molecule has 0 radical (unpaired) electrons. The summed E-state index contributed by atoms with van der Waals surface area (Å²) in [7, 11) is 4.46. The summed E-state index contributed by atoms with van der Waals surface area (Å²) in [4.78, 5) is 12.4. The third-order valence-corrected chi connectivity index (χ3v) is 3.57. The van der Waals surface area contributed by atoms with Crippen LogP contribution >= 0.6 is 0 Å². The molecule has 2 rings (SSSR count). The highest BCUT2D eigenvalue weighted by atomic mass is 16.5. The first kappa shape index (κ1) is 19.8. The van der Waals surface area contributed by atoms with Crippen LogP contribution in [0.2, 0.25) is 0 Å². The predicted molar refractivity (Wildman–Crippen MR) is 103 cm³/mol. The second-order valence-electron chi connectivity index (χ2n) is 5.25. The summed E-state index contributed by atoms with van der Waals surface area (Å²) < 4.78 is 21.3. The maximum atomic E-state index is 12.4. The summed E-state index contributed by atoms with van der Waals surface area (Å²) in [5.41, 5.74) is 3.52. The van der Waals surface area contributed by atoms with Crippen molar-refractivity contribution in [1.82, 2.24) is 5.43 Å². The largest absolute Gasteiger partial charge is 0.493 e. The van der Waals surface area contributed by atoms with Crippen molar-refractivity contribution in [2.45, 2.75) is 0 Å². The summed E-state index contributed by atoms with van der Waals surface area (Å²) in [6, 6.07) is 10.4. The highest BCUT2D eigenvalue weighted by Gasteiger charge is 2.16. The highest BCUT2D eigenvalue weighted by molar-refractivity contribution is 5.96. The first-order valence-corrected chi connectivity index (χ1v) is 8.10. The van der Waals surface area contributed by atoms with Crippen molar-refractivity contribution in [3.05, 3.63) is 60.2 Å². The molecule has 0 saturated heterocycles. The van der Waals surface area contributed by atoms with Gasteiger partial charge in [0.15, 0.2) is 11.5 Å². The van der Waals surface area contributed by atoms with E-state index in [9.17, 15) is 4.79 Å². The summed E-state index contributed by atoms with van der Waals surface area (Å²) >= 11 is 0. The van der Waals surface area contributed by atoms with Crippen LogP contribution in [0.1, 0.15) is 15.9 Å². The van der Waals surface area contributed by atoms with Gasteiger partial charge < -0.3 is 18.9 Å². The summed E-state index contributed by atoms with van der Waals surface area (Å²) in [6.45, 7) is 4.00. The molecule has 1 N–H and O–H groups in total. The van der Waals surface area contributed by atoms with E-state index in [0.717, 1.165) is 5.56 Å². The Hall–Kier alpha value is -3.48. The lowest BCUT2D eigenvalue weighted by atomic mass is 10.1. The van der Waals surface area contributed by atoms with Crippen molar-refractivity contribution < 1.29 is 23.7 Å². The number of carbonyl (C=O) groups is 1. The standard InChI is InChI=1S/C20H22N2O5/c1-5-10-27-16-9-7-6-8-14(16)13-21-22-20(23)15-11-17(24-2)19(26-4)18(12-15)25-3/h5-9,11-13H,1,10H2,2-4H3,(H,22,23)/b21-13-. The first-order valence-electron chi connectivity index (χ1n) is 8.10. The van der Waals surface area contributed by atoms with Gasteiger partial charge in [-0.15, -0.1) is 0 Å². The lowest BCUT2D eigenvalue weighted by molar-refractivity contribution is 0.0954. The van der Waals surface area contributed by atoms with E-state index in [2.05, 4.69) is 17.1 Å². The van der Waals surface area contributed by atoms with Crippen molar-refractivity contribution in [3.8, 4) is 23.0 Å². The van der Waals surface area contributed by atoms with Crippen LogP contribution in [0.15, 0.2) is 54.2 Å². The van der Waals surface area contributed by atoms with Gasteiger partial charge in [0, 0.05) is 11.1 Å². The van der Waals surface area contributed by atoms with Gasteiger partial charge in [-0.25, -0.2) is 5.43 Å². The van der Waals surface area contributed by atoms with E-state index in [1.807, 2.05) is 24.3 Å². The van der Waals surface area contributed by atoms with Gasteiger partial charge in [-0.1, -0.05) is 24.8 Å². The summed E-state index contributed by atoms with van der Waals surface area (Å²) in [6.07, 6.45) is 3.16. The van der Waals surface area contributed by atoms with Gasteiger partial charge in [-0.3, -0.25) is 4.79 Å². The van der Waals surface area contributed by atoms with Gasteiger partial charge in [0.25, 0.3) is 5.91 Å². The Balaban J connectivity index is 2.16. The van der Waals surface area contributed by atoms with Crippen molar-refractivity contribution in [2.75, 3.05) is 27.9 Å². The fourth-order valence-electron chi connectivity index (χ4n) is 2.30. The van der Waals surface area contributed by atoms with Crippen molar-refractivity contribution >= 4 is 12.1 Å². The van der Waals surface area contributed by atoms with Crippen LogP contribution in [-0.2, 0) is 0 Å². The Morgan fingerprint density at radius 2 is 1.74 bits per heavy atom. The number of hydrazone groups is 1. The second-order valence-corrected chi connectivity index (χ2v) is 5.25. The molecule has 0 aromatic heterocycles. The van der Waals surface area contributed by atoms with Gasteiger partial charge >= 0.3 is 0 Å². The molecule has 7 heteroatoms. The SMILES string of the molecule is C=CCOc1ccccc1/C=N\NC(=O)c1cc(OC)c(OC)c(OC)c1. The summed E-state index contributed by atoms with van der Waals surface area (Å²) in [5.74, 6) is 1.40. The van der Waals surface area contributed by atoms with E-state index in [0.29, 0.717) is 35.2 Å². The number of hydrogen-bond acceptors (Lipinski definition) is 6. The molecule has 0 heterocycles. The summed E-state index contributed by atoms with van der Waals surface area (Å²) in [5, 5.41) is 4.00. The molecule has 1 amide bonds. The lowest BCUT2D eigenvalue weighted by Crippen LogP contribution is -2.18. The van der Waals surface area contributed by atoms with Crippen LogP contribution in [0, 0.1) is 0 Å². The van der Waals surface area contributed by atoms with Gasteiger partial charge in [0.1, 0.15) is 12.4 Å². The topological polar surface area (TPSA) is 78.4 Å². The molecule has 0 unspecified atom stereocenters. The van der Waals surface area contributed by atoms with Crippen molar-refractivity contribution in [2.24, 2.45) is 5.10 Å². The number of nitrogens with zero attached hydrogens (tertiary/aromatic N) is 1. The molecule has 0 fully saturated rings. The molecule has 2 aromatic rings. The molecule has 7 nitrogen and oxygen atoms in total. The van der Waals surface area contributed by atoms with E-state index < -0.39 is 5.91 Å². The van der Waals surface area contributed by atoms with Crippen LogP contribution in [0.5, 0.6) is 23.0 Å². The smallest absolute Gasteiger partial charge is 0.271 e. The van der Waals surface area contributed by atoms with Gasteiger partial charge in [0.05, 0.1) is 27.5 Å². The molecule has 27 heavy (non-hydrogen) atoms. The Morgan fingerprint density at radius 3 is 2.33 bits per heavy atom.